The van der Waals surface area contributed by atoms with E-state index in [9.17, 15) is 4.79 Å². The van der Waals surface area contributed by atoms with Crippen molar-refractivity contribution in [3.63, 3.8) is 0 Å². The third-order valence-electron chi connectivity index (χ3n) is 5.79. The number of methoxy groups -OCH3 is 1. The molecule has 25 heavy (non-hydrogen) atoms. The van der Waals surface area contributed by atoms with Crippen LogP contribution in [0.1, 0.15) is 48.0 Å². The van der Waals surface area contributed by atoms with Gasteiger partial charge >= 0.3 is 0 Å². The SMILES string of the molecule is COC1=C(C)C(=O)C2(C)C(C(C)=CCC(C)C)C3C=C(C)C2(OO3)O1. The Balaban J connectivity index is 2.16. The molecule has 0 radical (unpaired) electrons. The molecule has 0 aromatic carbocycles. The number of ketones is 1. The van der Waals surface area contributed by atoms with Gasteiger partial charge in [0.15, 0.2) is 5.78 Å². The summed E-state index contributed by atoms with van der Waals surface area (Å²) in [5.41, 5.74) is 1.55. The highest BCUT2D eigenvalue weighted by Gasteiger charge is 2.72. The Labute approximate surface area is 149 Å². The molecule has 4 atom stereocenters. The molecule has 138 valence electrons. The lowest BCUT2D eigenvalue weighted by atomic mass is 9.56. The van der Waals surface area contributed by atoms with Gasteiger partial charge in [-0.2, -0.15) is 4.89 Å². The molecule has 0 saturated carbocycles. The Morgan fingerprint density at radius 1 is 1.40 bits per heavy atom. The van der Waals surface area contributed by atoms with Gasteiger partial charge in [0.1, 0.15) is 11.5 Å². The molecule has 1 aliphatic carbocycles. The number of fused-ring (bicyclic) bond motifs is 1. The predicted molar refractivity (Wildman–Crippen MR) is 93.1 cm³/mol. The van der Waals surface area contributed by atoms with Crippen molar-refractivity contribution in [3.8, 4) is 0 Å². The summed E-state index contributed by atoms with van der Waals surface area (Å²) in [6.45, 7) is 12.0. The topological polar surface area (TPSA) is 54.0 Å². The molecule has 5 heteroatoms. The van der Waals surface area contributed by atoms with E-state index in [2.05, 4.69) is 26.8 Å². The van der Waals surface area contributed by atoms with E-state index in [0.717, 1.165) is 17.6 Å². The third-order valence-corrected chi connectivity index (χ3v) is 5.79. The Kier molecular flexibility index (Phi) is 4.36. The van der Waals surface area contributed by atoms with Crippen molar-refractivity contribution in [1.29, 1.82) is 0 Å². The van der Waals surface area contributed by atoms with Crippen LogP contribution in [-0.4, -0.2) is 24.8 Å². The van der Waals surface area contributed by atoms with Crippen molar-refractivity contribution in [2.24, 2.45) is 17.3 Å². The third kappa shape index (κ3) is 2.32. The van der Waals surface area contributed by atoms with Crippen molar-refractivity contribution in [1.82, 2.24) is 0 Å². The van der Waals surface area contributed by atoms with Gasteiger partial charge in [0, 0.05) is 11.5 Å². The minimum Gasteiger partial charge on any atom is -0.468 e. The number of allylic oxidation sites excluding steroid dienone is 2. The Morgan fingerprint density at radius 2 is 2.08 bits per heavy atom. The second kappa shape index (κ2) is 5.99. The van der Waals surface area contributed by atoms with Crippen LogP contribution in [0.3, 0.4) is 0 Å². The lowest BCUT2D eigenvalue weighted by Gasteiger charge is -2.59. The highest BCUT2D eigenvalue weighted by Crippen LogP contribution is 2.61. The van der Waals surface area contributed by atoms with Crippen LogP contribution in [0.4, 0.5) is 0 Å². The van der Waals surface area contributed by atoms with Crippen molar-refractivity contribution in [2.45, 2.75) is 59.9 Å². The molecule has 0 N–H and O–H groups in total. The van der Waals surface area contributed by atoms with Gasteiger partial charge in [-0.1, -0.05) is 25.5 Å². The van der Waals surface area contributed by atoms with E-state index in [1.54, 1.807) is 6.92 Å². The van der Waals surface area contributed by atoms with Crippen LogP contribution in [-0.2, 0) is 24.0 Å². The maximum Gasteiger partial charge on any atom is 0.288 e. The number of Topliss-reactive ketones (excluding diaryl/α,β-unsaturated/α-hetero) is 1. The van der Waals surface area contributed by atoms with Gasteiger partial charge in [-0.05, 0) is 46.1 Å². The molecule has 4 unspecified atom stereocenters. The molecular weight excluding hydrogens is 320 g/mol. The number of carbonyl (C=O) groups excluding carboxylic acids is 1. The van der Waals surface area contributed by atoms with Gasteiger partial charge in [-0.15, -0.1) is 0 Å². The number of rotatable bonds is 4. The zero-order chi connectivity index (χ0) is 18.6. The van der Waals surface area contributed by atoms with E-state index in [-0.39, 0.29) is 23.8 Å². The minimum absolute atomic E-state index is 0.0151. The van der Waals surface area contributed by atoms with E-state index < -0.39 is 11.2 Å². The summed E-state index contributed by atoms with van der Waals surface area (Å²) in [6, 6.07) is 0. The molecule has 0 aromatic rings. The lowest BCUT2D eigenvalue weighted by molar-refractivity contribution is -0.493. The molecule has 3 heterocycles. The second-order valence-corrected chi connectivity index (χ2v) is 7.92. The van der Waals surface area contributed by atoms with Crippen molar-refractivity contribution in [2.75, 3.05) is 7.11 Å². The predicted octanol–water partition coefficient (Wildman–Crippen LogP) is 4.07. The molecule has 0 aromatic heterocycles. The Hall–Kier alpha value is -1.59. The lowest BCUT2D eigenvalue weighted by Crippen LogP contribution is -2.69. The van der Waals surface area contributed by atoms with E-state index in [1.807, 2.05) is 19.9 Å². The van der Waals surface area contributed by atoms with Gasteiger partial charge in [0.25, 0.3) is 11.7 Å². The Morgan fingerprint density at radius 3 is 2.64 bits per heavy atom. The maximum atomic E-state index is 13.4. The standard InChI is InChI=1S/C20H28O5/c1-11(2)8-9-12(3)16-15-10-13(4)20(25-24-15)19(16,6)17(21)14(5)18(22-7)23-20/h9-11,15-16H,8H2,1-7H3. The van der Waals surface area contributed by atoms with Crippen molar-refractivity contribution in [3.05, 3.63) is 34.8 Å². The van der Waals surface area contributed by atoms with Crippen molar-refractivity contribution < 1.29 is 24.0 Å². The van der Waals surface area contributed by atoms with Gasteiger partial charge in [0.05, 0.1) is 12.7 Å². The van der Waals surface area contributed by atoms with Crippen molar-refractivity contribution >= 4 is 5.78 Å². The van der Waals surface area contributed by atoms with E-state index >= 15 is 0 Å². The zero-order valence-electron chi connectivity index (χ0n) is 16.1. The first-order valence-corrected chi connectivity index (χ1v) is 8.87. The quantitative estimate of drug-likeness (QED) is 0.566. The molecule has 4 rings (SSSR count). The van der Waals surface area contributed by atoms with Crippen LogP contribution in [0.15, 0.2) is 34.8 Å². The van der Waals surface area contributed by atoms with E-state index in [1.165, 1.54) is 7.11 Å². The molecule has 0 amide bonds. The first-order chi connectivity index (χ1) is 11.7. The fraction of sp³-hybridized carbons (Fsp3) is 0.650. The van der Waals surface area contributed by atoms with Crippen LogP contribution < -0.4 is 0 Å². The van der Waals surface area contributed by atoms with E-state index in [0.29, 0.717) is 11.5 Å². The molecule has 3 aliphatic heterocycles. The highest BCUT2D eigenvalue weighted by molar-refractivity contribution is 6.02. The van der Waals surface area contributed by atoms with Gasteiger partial charge in [0.2, 0.25) is 0 Å². The summed E-state index contributed by atoms with van der Waals surface area (Å²) in [5, 5.41) is 0. The summed E-state index contributed by atoms with van der Waals surface area (Å²) in [4.78, 5) is 24.7. The second-order valence-electron chi connectivity index (χ2n) is 7.92. The van der Waals surface area contributed by atoms with Gasteiger partial charge in [-0.25, -0.2) is 4.89 Å². The summed E-state index contributed by atoms with van der Waals surface area (Å²) < 4.78 is 11.4. The van der Waals surface area contributed by atoms with Gasteiger partial charge < -0.3 is 9.47 Å². The summed E-state index contributed by atoms with van der Waals surface area (Å²) in [5.74, 6) is -0.710. The number of hydrogen-bond acceptors (Lipinski definition) is 5. The summed E-state index contributed by atoms with van der Waals surface area (Å²) in [7, 11) is 1.49. The van der Waals surface area contributed by atoms with Crippen LogP contribution in [0.25, 0.3) is 0 Å². The maximum absolute atomic E-state index is 13.4. The summed E-state index contributed by atoms with van der Waals surface area (Å²) >= 11 is 0. The molecule has 1 saturated heterocycles. The van der Waals surface area contributed by atoms with Gasteiger partial charge in [-0.3, -0.25) is 4.79 Å². The summed E-state index contributed by atoms with van der Waals surface area (Å²) in [6.07, 6.45) is 4.86. The van der Waals surface area contributed by atoms with E-state index in [4.69, 9.17) is 19.2 Å². The Bertz CT molecular complexity index is 686. The average Bonchev–Trinajstić information content (AvgIpc) is 2.56. The highest BCUT2D eigenvalue weighted by atomic mass is 17.2. The van der Waals surface area contributed by atoms with Crippen LogP contribution in [0, 0.1) is 17.3 Å². The fourth-order valence-corrected chi connectivity index (χ4v) is 4.40. The van der Waals surface area contributed by atoms with Crippen LogP contribution in [0.5, 0.6) is 0 Å². The van der Waals surface area contributed by atoms with Crippen LogP contribution >= 0.6 is 0 Å². The molecular formula is C20H28O5. The molecule has 5 nitrogen and oxygen atoms in total. The number of ether oxygens (including phenoxy) is 2. The average molecular weight is 348 g/mol. The first kappa shape index (κ1) is 18.2. The fourth-order valence-electron chi connectivity index (χ4n) is 4.40. The zero-order valence-corrected chi connectivity index (χ0v) is 16.1. The number of carbonyl (C=O) groups is 1. The van der Waals surface area contributed by atoms with Crippen LogP contribution in [0.2, 0.25) is 0 Å². The minimum atomic E-state index is -1.29. The first-order valence-electron chi connectivity index (χ1n) is 8.87. The number of hydrogen-bond donors (Lipinski definition) is 0. The molecule has 1 fully saturated rings. The monoisotopic (exact) mass is 348 g/mol. The molecule has 2 bridgehead atoms. The normalized spacial score (nSPS) is 37.8. The smallest absolute Gasteiger partial charge is 0.288 e. The largest absolute Gasteiger partial charge is 0.468 e. The molecule has 4 aliphatic rings. The molecule has 1 spiro atoms.